The number of hydrogen-bond donors (Lipinski definition) is 2. The highest BCUT2D eigenvalue weighted by molar-refractivity contribution is 5.95. The zero-order valence-corrected chi connectivity index (χ0v) is 11.0. The number of hydrogen-bond acceptors (Lipinski definition) is 3. The van der Waals surface area contributed by atoms with Crippen molar-refractivity contribution in [3.8, 4) is 0 Å². The summed E-state index contributed by atoms with van der Waals surface area (Å²) in [5.74, 6) is -1.80. The van der Waals surface area contributed by atoms with Gasteiger partial charge in [-0.1, -0.05) is 6.07 Å². The largest absolute Gasteiger partial charge is 0.481 e. The SMILES string of the molecule is CC(NC(=O)c1ccc2c(c1)COC2)C(C)C(=O)O. The topological polar surface area (TPSA) is 75.6 Å². The van der Waals surface area contributed by atoms with Crippen LogP contribution < -0.4 is 5.32 Å². The molecule has 2 atom stereocenters. The van der Waals surface area contributed by atoms with Crippen molar-refractivity contribution in [3.05, 3.63) is 34.9 Å². The zero-order chi connectivity index (χ0) is 14.0. The lowest BCUT2D eigenvalue weighted by Crippen LogP contribution is -2.40. The first-order valence-corrected chi connectivity index (χ1v) is 6.22. The second kappa shape index (κ2) is 5.40. The van der Waals surface area contributed by atoms with E-state index in [0.29, 0.717) is 18.8 Å². The second-order valence-electron chi connectivity index (χ2n) is 4.87. The number of ether oxygens (including phenoxy) is 1. The normalized spacial score (nSPS) is 16.5. The Labute approximate surface area is 111 Å². The molecule has 1 amide bonds. The van der Waals surface area contributed by atoms with Crippen LogP contribution in [0, 0.1) is 5.92 Å². The van der Waals surface area contributed by atoms with Gasteiger partial charge in [-0.25, -0.2) is 0 Å². The van der Waals surface area contributed by atoms with E-state index < -0.39 is 17.9 Å². The van der Waals surface area contributed by atoms with Gasteiger partial charge in [0.15, 0.2) is 0 Å². The van der Waals surface area contributed by atoms with E-state index in [9.17, 15) is 9.59 Å². The molecule has 102 valence electrons. The molecular formula is C14H17NO4. The van der Waals surface area contributed by atoms with Crippen LogP contribution in [0.1, 0.15) is 35.3 Å². The van der Waals surface area contributed by atoms with Gasteiger partial charge < -0.3 is 15.2 Å². The van der Waals surface area contributed by atoms with Gasteiger partial charge in [-0.15, -0.1) is 0 Å². The number of rotatable bonds is 4. The summed E-state index contributed by atoms with van der Waals surface area (Å²) >= 11 is 0. The highest BCUT2D eigenvalue weighted by atomic mass is 16.5. The van der Waals surface area contributed by atoms with Crippen LogP contribution in [0.15, 0.2) is 18.2 Å². The summed E-state index contributed by atoms with van der Waals surface area (Å²) in [4.78, 5) is 22.9. The third kappa shape index (κ3) is 2.93. The van der Waals surface area contributed by atoms with E-state index in [0.717, 1.165) is 11.1 Å². The van der Waals surface area contributed by atoms with E-state index in [4.69, 9.17) is 9.84 Å². The Morgan fingerprint density at radius 2 is 1.95 bits per heavy atom. The minimum absolute atomic E-state index is 0.254. The van der Waals surface area contributed by atoms with Gasteiger partial charge in [-0.3, -0.25) is 9.59 Å². The predicted octanol–water partition coefficient (Wildman–Crippen LogP) is 1.56. The van der Waals surface area contributed by atoms with E-state index in [1.54, 1.807) is 26.0 Å². The Kier molecular flexibility index (Phi) is 3.85. The maximum Gasteiger partial charge on any atom is 0.308 e. The van der Waals surface area contributed by atoms with Crippen LogP contribution in [0.25, 0.3) is 0 Å². The van der Waals surface area contributed by atoms with E-state index in [-0.39, 0.29) is 5.91 Å². The van der Waals surface area contributed by atoms with E-state index in [1.807, 2.05) is 6.07 Å². The van der Waals surface area contributed by atoms with Gasteiger partial charge >= 0.3 is 5.97 Å². The van der Waals surface area contributed by atoms with Gasteiger partial charge in [0.05, 0.1) is 19.1 Å². The molecule has 5 nitrogen and oxygen atoms in total. The van der Waals surface area contributed by atoms with E-state index in [2.05, 4.69) is 5.32 Å². The summed E-state index contributed by atoms with van der Waals surface area (Å²) in [6.45, 7) is 4.37. The van der Waals surface area contributed by atoms with Crippen LogP contribution in [0.4, 0.5) is 0 Å². The number of carbonyl (C=O) groups is 2. The molecule has 0 saturated carbocycles. The minimum atomic E-state index is -0.921. The fourth-order valence-electron chi connectivity index (χ4n) is 1.94. The number of amides is 1. The number of aliphatic carboxylic acids is 1. The summed E-state index contributed by atoms with van der Waals surface area (Å²) in [7, 11) is 0. The van der Waals surface area contributed by atoms with Gasteiger partial charge in [-0.2, -0.15) is 0 Å². The van der Waals surface area contributed by atoms with Crippen molar-refractivity contribution in [2.24, 2.45) is 5.92 Å². The molecule has 0 radical (unpaired) electrons. The monoisotopic (exact) mass is 263 g/mol. The van der Waals surface area contributed by atoms with Crippen molar-refractivity contribution in [1.82, 2.24) is 5.32 Å². The number of nitrogens with one attached hydrogen (secondary N) is 1. The van der Waals surface area contributed by atoms with Crippen LogP contribution in [0.2, 0.25) is 0 Å². The fraction of sp³-hybridized carbons (Fsp3) is 0.429. The Balaban J connectivity index is 2.06. The third-order valence-corrected chi connectivity index (χ3v) is 3.48. The van der Waals surface area contributed by atoms with Crippen LogP contribution in [-0.4, -0.2) is 23.0 Å². The Hall–Kier alpha value is -1.88. The lowest BCUT2D eigenvalue weighted by atomic mass is 10.0. The lowest BCUT2D eigenvalue weighted by molar-refractivity contribution is -0.141. The Morgan fingerprint density at radius 1 is 1.26 bits per heavy atom. The highest BCUT2D eigenvalue weighted by Crippen LogP contribution is 2.21. The highest BCUT2D eigenvalue weighted by Gasteiger charge is 2.22. The molecular weight excluding hydrogens is 246 g/mol. The Morgan fingerprint density at radius 3 is 2.63 bits per heavy atom. The standard InChI is InChI=1S/C14H17NO4/c1-8(14(17)18)9(2)15-13(16)10-3-4-11-6-19-7-12(11)5-10/h3-5,8-9H,6-7H2,1-2H3,(H,15,16)(H,17,18). The molecule has 5 heteroatoms. The number of carbonyl (C=O) groups excluding carboxylic acids is 1. The molecule has 0 saturated heterocycles. The summed E-state index contributed by atoms with van der Waals surface area (Å²) in [6.07, 6.45) is 0. The maximum absolute atomic E-state index is 12.0. The molecule has 0 spiro atoms. The summed E-state index contributed by atoms with van der Waals surface area (Å²) in [5.41, 5.74) is 2.66. The summed E-state index contributed by atoms with van der Waals surface area (Å²) < 4.78 is 5.29. The van der Waals surface area contributed by atoms with Crippen molar-refractivity contribution >= 4 is 11.9 Å². The van der Waals surface area contributed by atoms with Gasteiger partial charge in [0.25, 0.3) is 5.91 Å². The number of fused-ring (bicyclic) bond motifs is 1. The summed E-state index contributed by atoms with van der Waals surface area (Å²) in [5, 5.41) is 11.6. The minimum Gasteiger partial charge on any atom is -0.481 e. The molecule has 0 fully saturated rings. The molecule has 0 bridgehead atoms. The van der Waals surface area contributed by atoms with Crippen LogP contribution in [-0.2, 0) is 22.7 Å². The van der Waals surface area contributed by atoms with Crippen molar-refractivity contribution in [2.75, 3.05) is 0 Å². The van der Waals surface area contributed by atoms with Gasteiger partial charge in [0, 0.05) is 11.6 Å². The smallest absolute Gasteiger partial charge is 0.308 e. The first-order valence-electron chi connectivity index (χ1n) is 6.22. The van der Waals surface area contributed by atoms with E-state index >= 15 is 0 Å². The average Bonchev–Trinajstić information content (AvgIpc) is 2.84. The first kappa shape index (κ1) is 13.5. The number of carboxylic acids is 1. The summed E-state index contributed by atoms with van der Waals surface area (Å²) in [6, 6.07) is 4.99. The van der Waals surface area contributed by atoms with Crippen LogP contribution in [0.3, 0.4) is 0 Å². The molecule has 1 aromatic carbocycles. The third-order valence-electron chi connectivity index (χ3n) is 3.48. The molecule has 19 heavy (non-hydrogen) atoms. The fourth-order valence-corrected chi connectivity index (χ4v) is 1.94. The molecule has 1 heterocycles. The van der Waals surface area contributed by atoms with Crippen molar-refractivity contribution < 1.29 is 19.4 Å². The van der Waals surface area contributed by atoms with Crippen molar-refractivity contribution in [3.63, 3.8) is 0 Å². The molecule has 0 aliphatic carbocycles. The lowest BCUT2D eigenvalue weighted by Gasteiger charge is -2.17. The molecule has 1 aromatic rings. The number of benzene rings is 1. The van der Waals surface area contributed by atoms with Crippen LogP contribution in [0.5, 0.6) is 0 Å². The predicted molar refractivity (Wildman–Crippen MR) is 68.7 cm³/mol. The molecule has 1 aliphatic heterocycles. The molecule has 2 unspecified atom stereocenters. The van der Waals surface area contributed by atoms with Crippen molar-refractivity contribution in [2.45, 2.75) is 33.1 Å². The average molecular weight is 263 g/mol. The van der Waals surface area contributed by atoms with Gasteiger partial charge in [0.2, 0.25) is 0 Å². The van der Waals surface area contributed by atoms with Crippen molar-refractivity contribution in [1.29, 1.82) is 0 Å². The maximum atomic E-state index is 12.0. The first-order chi connectivity index (χ1) is 8.99. The quantitative estimate of drug-likeness (QED) is 0.864. The number of carboxylic acid groups (broad SMARTS) is 1. The van der Waals surface area contributed by atoms with Gasteiger partial charge in [-0.05, 0) is 37.1 Å². The molecule has 0 aromatic heterocycles. The molecule has 1 aliphatic rings. The molecule has 2 rings (SSSR count). The Bertz CT molecular complexity index is 512. The second-order valence-corrected chi connectivity index (χ2v) is 4.87. The van der Waals surface area contributed by atoms with E-state index in [1.165, 1.54) is 0 Å². The van der Waals surface area contributed by atoms with Crippen LogP contribution >= 0.6 is 0 Å². The molecule has 2 N–H and O–H groups in total. The van der Waals surface area contributed by atoms with Gasteiger partial charge in [0.1, 0.15) is 0 Å². The zero-order valence-electron chi connectivity index (χ0n) is 11.0.